The summed E-state index contributed by atoms with van der Waals surface area (Å²) in [5.41, 5.74) is 1.81. The average Bonchev–Trinajstić information content (AvgIpc) is 2.58. The maximum absolute atomic E-state index is 12.7. The topological polar surface area (TPSA) is 68.5 Å². The molecule has 0 aliphatic heterocycles. The molecule has 5 nitrogen and oxygen atoms in total. The molecule has 0 spiro atoms. The third-order valence-electron chi connectivity index (χ3n) is 4.27. The smallest absolute Gasteiger partial charge is 0.339 e. The van der Waals surface area contributed by atoms with Crippen LogP contribution < -0.4 is 5.56 Å². The number of rotatable bonds is 3. The van der Waals surface area contributed by atoms with Gasteiger partial charge in [0.05, 0.1) is 23.1 Å². The van der Waals surface area contributed by atoms with Crippen molar-refractivity contribution in [3.8, 4) is 0 Å². The van der Waals surface area contributed by atoms with E-state index >= 15 is 0 Å². The van der Waals surface area contributed by atoms with E-state index in [4.69, 9.17) is 4.74 Å². The number of carbonyl (C=O) groups excluding carboxylic acids is 1. The van der Waals surface area contributed by atoms with E-state index in [1.54, 1.807) is 25.1 Å². The summed E-state index contributed by atoms with van der Waals surface area (Å²) in [7, 11) is 0. The van der Waals surface area contributed by atoms with Crippen molar-refractivity contribution in [2.24, 2.45) is 0 Å². The summed E-state index contributed by atoms with van der Waals surface area (Å²) >= 11 is 0. The molecule has 0 unspecified atom stereocenters. The van der Waals surface area contributed by atoms with Crippen LogP contribution in [-0.4, -0.2) is 22.5 Å². The number of esters is 1. The number of carbonyl (C=O) groups is 1. The van der Waals surface area contributed by atoms with Gasteiger partial charge in [0.2, 0.25) is 0 Å². The number of aromatic nitrogens is 1. The monoisotopic (exact) mass is 325 g/mol. The number of nitrogens with zero attached hydrogens (tertiary/aromatic N) is 1. The summed E-state index contributed by atoms with van der Waals surface area (Å²) < 4.78 is 5.87. The Morgan fingerprint density at radius 2 is 1.92 bits per heavy atom. The molecule has 0 aliphatic rings. The maximum atomic E-state index is 12.7. The Balaban J connectivity index is 2.64. The number of aryl methyl sites for hydroxylation is 2. The lowest BCUT2D eigenvalue weighted by atomic mass is 9.92. The Kier molecular flexibility index (Phi) is 4.01. The molecule has 0 amide bonds. The molecule has 1 aromatic heterocycles. The van der Waals surface area contributed by atoms with Gasteiger partial charge in [-0.25, -0.2) is 4.79 Å². The second-order valence-electron chi connectivity index (χ2n) is 5.69. The molecule has 1 N–H and O–H groups in total. The minimum atomic E-state index is -0.533. The van der Waals surface area contributed by atoms with Crippen LogP contribution in [-0.2, 0) is 11.2 Å². The van der Waals surface area contributed by atoms with Crippen LogP contribution in [0.4, 0.5) is 0 Å². The predicted molar refractivity (Wildman–Crippen MR) is 93.0 cm³/mol. The second-order valence-corrected chi connectivity index (χ2v) is 5.69. The third-order valence-corrected chi connectivity index (χ3v) is 4.27. The summed E-state index contributed by atoms with van der Waals surface area (Å²) in [6, 6.07) is 8.82. The molecule has 0 atom stereocenters. The van der Waals surface area contributed by atoms with Gasteiger partial charge in [0.1, 0.15) is 0 Å². The Labute approximate surface area is 139 Å². The molecular formula is C19H19NO4. The third kappa shape index (κ3) is 2.24. The minimum Gasteiger partial charge on any atom is -0.462 e. The average molecular weight is 325 g/mol. The minimum absolute atomic E-state index is 0.256. The van der Waals surface area contributed by atoms with E-state index in [2.05, 4.69) is 0 Å². The zero-order valence-electron chi connectivity index (χ0n) is 13.9. The van der Waals surface area contributed by atoms with Crippen molar-refractivity contribution < 1.29 is 14.7 Å². The highest BCUT2D eigenvalue weighted by Crippen LogP contribution is 2.31. The fraction of sp³-hybridized carbons (Fsp3) is 0.263. The number of para-hydroxylation sites is 1. The zero-order valence-corrected chi connectivity index (χ0v) is 13.9. The largest absolute Gasteiger partial charge is 0.462 e. The molecule has 0 fully saturated rings. The molecule has 24 heavy (non-hydrogen) atoms. The predicted octanol–water partition coefficient (Wildman–Crippen LogP) is 3.44. The Bertz CT molecular complexity index is 1020. The van der Waals surface area contributed by atoms with Crippen LogP contribution in [0, 0.1) is 6.92 Å². The highest BCUT2D eigenvalue weighted by molar-refractivity contribution is 6.17. The van der Waals surface area contributed by atoms with Crippen LogP contribution in [0.1, 0.15) is 35.3 Å². The summed E-state index contributed by atoms with van der Waals surface area (Å²) in [5, 5.41) is 11.8. The van der Waals surface area contributed by atoms with E-state index in [1.165, 1.54) is 0 Å². The first-order valence-corrected chi connectivity index (χ1v) is 7.97. The van der Waals surface area contributed by atoms with Crippen molar-refractivity contribution in [2.75, 3.05) is 6.61 Å². The van der Waals surface area contributed by atoms with Crippen LogP contribution in [0.25, 0.3) is 21.7 Å². The molecule has 0 saturated heterocycles. The van der Waals surface area contributed by atoms with Gasteiger partial charge < -0.3 is 9.94 Å². The van der Waals surface area contributed by atoms with Crippen LogP contribution >= 0.6 is 0 Å². The molecule has 0 bridgehead atoms. The lowest BCUT2D eigenvalue weighted by molar-refractivity contribution is 0.0527. The second kappa shape index (κ2) is 6.00. The highest BCUT2D eigenvalue weighted by atomic mass is 16.5. The van der Waals surface area contributed by atoms with Crippen molar-refractivity contribution in [1.82, 2.24) is 4.73 Å². The fourth-order valence-corrected chi connectivity index (χ4v) is 3.23. The quantitative estimate of drug-likeness (QED) is 0.455. The lowest BCUT2D eigenvalue weighted by Crippen LogP contribution is -2.21. The van der Waals surface area contributed by atoms with E-state index in [0.29, 0.717) is 38.4 Å². The van der Waals surface area contributed by atoms with Gasteiger partial charge in [-0.2, -0.15) is 0 Å². The molecule has 3 rings (SSSR count). The number of hydrogen-bond donors (Lipinski definition) is 1. The molecule has 1 heterocycles. The van der Waals surface area contributed by atoms with Crippen molar-refractivity contribution in [1.29, 1.82) is 0 Å². The van der Waals surface area contributed by atoms with Crippen LogP contribution in [0.5, 0.6) is 0 Å². The number of benzene rings is 2. The van der Waals surface area contributed by atoms with E-state index in [1.807, 2.05) is 26.0 Å². The molecule has 0 saturated carbocycles. The van der Waals surface area contributed by atoms with Crippen molar-refractivity contribution in [3.63, 3.8) is 0 Å². The van der Waals surface area contributed by atoms with Crippen molar-refractivity contribution in [3.05, 3.63) is 57.4 Å². The van der Waals surface area contributed by atoms with E-state index < -0.39 is 11.5 Å². The zero-order chi connectivity index (χ0) is 17.4. The molecule has 5 heteroatoms. The first-order chi connectivity index (χ1) is 11.5. The van der Waals surface area contributed by atoms with Gasteiger partial charge in [-0.3, -0.25) is 4.79 Å². The van der Waals surface area contributed by atoms with Gasteiger partial charge >= 0.3 is 5.97 Å². The Morgan fingerprint density at radius 3 is 2.58 bits per heavy atom. The number of ether oxygens (including phenoxy) is 1. The number of hydrogen-bond acceptors (Lipinski definition) is 4. The highest BCUT2D eigenvalue weighted by Gasteiger charge is 2.22. The first-order valence-electron chi connectivity index (χ1n) is 7.97. The van der Waals surface area contributed by atoms with Gasteiger partial charge in [-0.05, 0) is 37.5 Å². The maximum Gasteiger partial charge on any atom is 0.339 e. The van der Waals surface area contributed by atoms with Crippen molar-refractivity contribution in [2.45, 2.75) is 27.2 Å². The van der Waals surface area contributed by atoms with Gasteiger partial charge in [-0.15, -0.1) is 4.73 Å². The van der Waals surface area contributed by atoms with Crippen LogP contribution in [0.15, 0.2) is 35.1 Å². The van der Waals surface area contributed by atoms with E-state index in [0.717, 1.165) is 11.1 Å². The summed E-state index contributed by atoms with van der Waals surface area (Å²) in [5.74, 6) is -0.445. The Morgan fingerprint density at radius 1 is 1.21 bits per heavy atom. The summed E-state index contributed by atoms with van der Waals surface area (Å²) in [4.78, 5) is 25.3. The molecule has 124 valence electrons. The van der Waals surface area contributed by atoms with Gasteiger partial charge in [0.15, 0.2) is 0 Å². The number of pyridine rings is 1. The normalized spacial score (nSPS) is 11.1. The van der Waals surface area contributed by atoms with Crippen molar-refractivity contribution >= 4 is 27.6 Å². The molecule has 3 aromatic rings. The lowest BCUT2D eigenvalue weighted by Gasteiger charge is -2.16. The molecule has 0 aliphatic carbocycles. The summed E-state index contributed by atoms with van der Waals surface area (Å²) in [6.07, 6.45) is 0.640. The molecule has 2 aromatic carbocycles. The van der Waals surface area contributed by atoms with Gasteiger partial charge in [0.25, 0.3) is 5.56 Å². The van der Waals surface area contributed by atoms with Gasteiger partial charge in [-0.1, -0.05) is 31.2 Å². The van der Waals surface area contributed by atoms with E-state index in [9.17, 15) is 14.8 Å². The van der Waals surface area contributed by atoms with E-state index in [-0.39, 0.29) is 6.61 Å². The van der Waals surface area contributed by atoms with Crippen LogP contribution in [0.3, 0.4) is 0 Å². The molecule has 0 radical (unpaired) electrons. The fourth-order valence-electron chi connectivity index (χ4n) is 3.23. The molecular weight excluding hydrogens is 306 g/mol. The standard InChI is InChI=1S/C19H19NO4/c1-4-12-10-11(3)15-17(16(12)19(22)24-5-2)13-8-6-7-9-14(13)20(23)18(15)21/h6-10,23H,4-5H2,1-3H3. The Hall–Kier alpha value is -2.82. The van der Waals surface area contributed by atoms with Gasteiger partial charge in [0, 0.05) is 10.8 Å². The first kappa shape index (κ1) is 16.1. The summed E-state index contributed by atoms with van der Waals surface area (Å²) in [6.45, 7) is 5.77. The van der Waals surface area contributed by atoms with Crippen LogP contribution in [0.2, 0.25) is 0 Å². The number of fused-ring (bicyclic) bond motifs is 3. The SMILES string of the molecule is CCOC(=O)c1c(CC)cc(C)c2c(=O)n(O)c3ccccc3c12.